The fourth-order valence-electron chi connectivity index (χ4n) is 3.02. The van der Waals surface area contributed by atoms with Gasteiger partial charge in [-0.25, -0.2) is 0 Å². The number of hydrogen-bond donors (Lipinski definition) is 2. The van der Waals surface area contributed by atoms with Crippen LogP contribution in [0.5, 0.6) is 0 Å². The van der Waals surface area contributed by atoms with Crippen LogP contribution in [0.4, 0.5) is 11.4 Å². The summed E-state index contributed by atoms with van der Waals surface area (Å²) in [6, 6.07) is 3.94. The predicted molar refractivity (Wildman–Crippen MR) is 104 cm³/mol. The van der Waals surface area contributed by atoms with Crippen molar-refractivity contribution in [3.8, 4) is 0 Å². The van der Waals surface area contributed by atoms with E-state index in [-0.39, 0.29) is 35.0 Å². The number of carbonyl (C=O) groups excluding carboxylic acids is 2. The minimum absolute atomic E-state index is 0.0395. The SMILES string of the molecule is CC(C)C(=O)NCC1CCCN(CC(=O)Nc2ccc([N+](=O)[O-])cc2Cl)C1. The van der Waals surface area contributed by atoms with Gasteiger partial charge in [0.25, 0.3) is 5.69 Å². The number of nitro groups is 1. The zero-order valence-electron chi connectivity index (χ0n) is 15.5. The molecule has 1 fully saturated rings. The van der Waals surface area contributed by atoms with E-state index in [9.17, 15) is 19.7 Å². The van der Waals surface area contributed by atoms with Crippen LogP contribution in [-0.4, -0.2) is 47.8 Å². The molecule has 2 rings (SSSR count). The Morgan fingerprint density at radius 3 is 2.78 bits per heavy atom. The maximum atomic E-state index is 12.3. The molecule has 0 saturated carbocycles. The zero-order valence-corrected chi connectivity index (χ0v) is 16.3. The van der Waals surface area contributed by atoms with Gasteiger partial charge in [-0.05, 0) is 31.4 Å². The highest BCUT2D eigenvalue weighted by Gasteiger charge is 2.23. The number of piperidine rings is 1. The lowest BCUT2D eigenvalue weighted by molar-refractivity contribution is -0.384. The number of carbonyl (C=O) groups is 2. The Balaban J connectivity index is 1.84. The number of non-ortho nitro benzene ring substituents is 1. The van der Waals surface area contributed by atoms with Gasteiger partial charge in [0, 0.05) is 31.1 Å². The van der Waals surface area contributed by atoms with Gasteiger partial charge >= 0.3 is 0 Å². The number of hydrogen-bond acceptors (Lipinski definition) is 5. The Kier molecular flexibility index (Phi) is 7.55. The molecule has 1 unspecified atom stereocenters. The first kappa shape index (κ1) is 21.1. The van der Waals surface area contributed by atoms with E-state index in [2.05, 4.69) is 10.6 Å². The number of likely N-dealkylation sites (tertiary alicyclic amines) is 1. The van der Waals surface area contributed by atoms with Crippen molar-refractivity contribution in [2.75, 3.05) is 31.5 Å². The lowest BCUT2D eigenvalue weighted by Crippen LogP contribution is -2.44. The van der Waals surface area contributed by atoms with E-state index >= 15 is 0 Å². The Labute approximate surface area is 163 Å². The van der Waals surface area contributed by atoms with Crippen LogP contribution in [0.2, 0.25) is 5.02 Å². The van der Waals surface area contributed by atoms with Crippen LogP contribution in [0.15, 0.2) is 18.2 Å². The molecule has 0 radical (unpaired) electrons. The lowest BCUT2D eigenvalue weighted by atomic mass is 9.97. The van der Waals surface area contributed by atoms with Gasteiger partial charge in [0.05, 0.1) is 22.2 Å². The van der Waals surface area contributed by atoms with E-state index in [1.54, 1.807) is 0 Å². The first-order valence-corrected chi connectivity index (χ1v) is 9.38. The van der Waals surface area contributed by atoms with Crippen molar-refractivity contribution in [2.45, 2.75) is 26.7 Å². The molecule has 2 N–H and O–H groups in total. The third-order valence-corrected chi connectivity index (χ3v) is 4.81. The van der Waals surface area contributed by atoms with Crippen LogP contribution in [-0.2, 0) is 9.59 Å². The fraction of sp³-hybridized carbons (Fsp3) is 0.556. The number of nitrogens with one attached hydrogen (secondary N) is 2. The predicted octanol–water partition coefficient (Wildman–Crippen LogP) is 2.67. The van der Waals surface area contributed by atoms with Gasteiger partial charge in [0.1, 0.15) is 0 Å². The summed E-state index contributed by atoms with van der Waals surface area (Å²) in [5, 5.41) is 16.5. The molecule has 1 aliphatic heterocycles. The monoisotopic (exact) mass is 396 g/mol. The molecule has 1 heterocycles. The van der Waals surface area contributed by atoms with Crippen molar-refractivity contribution in [1.82, 2.24) is 10.2 Å². The number of nitrogens with zero attached hydrogens (tertiary/aromatic N) is 2. The van der Waals surface area contributed by atoms with Crippen molar-refractivity contribution >= 4 is 34.8 Å². The van der Waals surface area contributed by atoms with Gasteiger partial charge < -0.3 is 10.6 Å². The zero-order chi connectivity index (χ0) is 20.0. The lowest BCUT2D eigenvalue weighted by Gasteiger charge is -2.32. The van der Waals surface area contributed by atoms with Crippen LogP contribution < -0.4 is 10.6 Å². The molecule has 1 aromatic carbocycles. The topological polar surface area (TPSA) is 105 Å². The van der Waals surface area contributed by atoms with Gasteiger partial charge in [0.2, 0.25) is 11.8 Å². The van der Waals surface area contributed by atoms with Gasteiger partial charge in [-0.1, -0.05) is 25.4 Å². The second-order valence-electron chi connectivity index (χ2n) is 7.11. The average molecular weight is 397 g/mol. The molecule has 2 amide bonds. The van der Waals surface area contributed by atoms with Crippen molar-refractivity contribution in [3.05, 3.63) is 33.3 Å². The van der Waals surface area contributed by atoms with Gasteiger partial charge in [-0.2, -0.15) is 0 Å². The second kappa shape index (κ2) is 9.66. The Hall–Kier alpha value is -2.19. The number of anilines is 1. The number of halogens is 1. The van der Waals surface area contributed by atoms with Crippen LogP contribution in [0, 0.1) is 22.0 Å². The van der Waals surface area contributed by atoms with Crippen LogP contribution in [0.25, 0.3) is 0 Å². The van der Waals surface area contributed by atoms with Gasteiger partial charge in [-0.15, -0.1) is 0 Å². The maximum Gasteiger partial charge on any atom is 0.271 e. The minimum atomic E-state index is -0.538. The molecule has 148 valence electrons. The summed E-state index contributed by atoms with van der Waals surface area (Å²) in [6.07, 6.45) is 1.98. The summed E-state index contributed by atoms with van der Waals surface area (Å²) in [6.45, 7) is 6.09. The molecule has 1 atom stereocenters. The number of rotatable bonds is 7. The van der Waals surface area contributed by atoms with E-state index in [0.717, 1.165) is 25.9 Å². The summed E-state index contributed by atoms with van der Waals surface area (Å²) in [5.41, 5.74) is 0.227. The van der Waals surface area contributed by atoms with Crippen LogP contribution >= 0.6 is 11.6 Å². The first-order chi connectivity index (χ1) is 12.8. The molecule has 1 aromatic rings. The Morgan fingerprint density at radius 2 is 2.15 bits per heavy atom. The van der Waals surface area contributed by atoms with Crippen LogP contribution in [0.1, 0.15) is 26.7 Å². The highest BCUT2D eigenvalue weighted by Crippen LogP contribution is 2.26. The van der Waals surface area contributed by atoms with Crippen molar-refractivity contribution < 1.29 is 14.5 Å². The quantitative estimate of drug-likeness (QED) is 0.544. The highest BCUT2D eigenvalue weighted by atomic mass is 35.5. The molecule has 9 heteroatoms. The molecular weight excluding hydrogens is 372 g/mol. The van der Waals surface area contributed by atoms with Gasteiger partial charge in [0.15, 0.2) is 0 Å². The average Bonchev–Trinajstić information content (AvgIpc) is 2.61. The molecular formula is C18H25ClN4O4. The molecule has 1 saturated heterocycles. The number of amides is 2. The van der Waals surface area contributed by atoms with E-state index in [1.165, 1.54) is 18.2 Å². The largest absolute Gasteiger partial charge is 0.356 e. The first-order valence-electron chi connectivity index (χ1n) is 9.00. The Bertz CT molecular complexity index is 711. The normalized spacial score (nSPS) is 17.6. The summed E-state index contributed by atoms with van der Waals surface area (Å²) in [4.78, 5) is 36.2. The molecule has 0 spiro atoms. The molecule has 0 aromatic heterocycles. The molecule has 8 nitrogen and oxygen atoms in total. The van der Waals surface area contributed by atoms with Crippen LogP contribution in [0.3, 0.4) is 0 Å². The van der Waals surface area contributed by atoms with Crippen molar-refractivity contribution in [2.24, 2.45) is 11.8 Å². The third kappa shape index (κ3) is 6.48. The standard InChI is InChI=1S/C18H25ClN4O4/c1-12(2)18(25)20-9-13-4-3-7-22(10-13)11-17(24)21-16-6-5-14(23(26)27)8-15(16)19/h5-6,8,12-13H,3-4,7,9-11H2,1-2H3,(H,20,25)(H,21,24). The number of benzene rings is 1. The van der Waals surface area contributed by atoms with Gasteiger partial charge in [-0.3, -0.25) is 24.6 Å². The van der Waals surface area contributed by atoms with E-state index in [0.29, 0.717) is 18.2 Å². The van der Waals surface area contributed by atoms with Crippen molar-refractivity contribution in [1.29, 1.82) is 0 Å². The Morgan fingerprint density at radius 1 is 1.41 bits per heavy atom. The van der Waals surface area contributed by atoms with E-state index in [1.807, 2.05) is 18.7 Å². The summed E-state index contributed by atoms with van der Waals surface area (Å²) >= 11 is 6.01. The number of nitro benzene ring substituents is 1. The second-order valence-corrected chi connectivity index (χ2v) is 7.52. The summed E-state index contributed by atoms with van der Waals surface area (Å²) < 4.78 is 0. The summed E-state index contributed by atoms with van der Waals surface area (Å²) in [7, 11) is 0. The molecule has 27 heavy (non-hydrogen) atoms. The van der Waals surface area contributed by atoms with Crippen molar-refractivity contribution in [3.63, 3.8) is 0 Å². The summed E-state index contributed by atoms with van der Waals surface area (Å²) in [5.74, 6) is 0.0921. The van der Waals surface area contributed by atoms with E-state index < -0.39 is 4.92 Å². The fourth-order valence-corrected chi connectivity index (χ4v) is 3.24. The molecule has 0 aliphatic carbocycles. The minimum Gasteiger partial charge on any atom is -0.356 e. The maximum absolute atomic E-state index is 12.3. The smallest absolute Gasteiger partial charge is 0.271 e. The third-order valence-electron chi connectivity index (χ3n) is 4.50. The highest BCUT2D eigenvalue weighted by molar-refractivity contribution is 6.34. The molecule has 0 bridgehead atoms. The molecule has 1 aliphatic rings. The van der Waals surface area contributed by atoms with E-state index in [4.69, 9.17) is 11.6 Å².